The predicted molar refractivity (Wildman–Crippen MR) is 73.5 cm³/mol. The van der Waals surface area contributed by atoms with E-state index >= 15 is 0 Å². The van der Waals surface area contributed by atoms with E-state index in [2.05, 4.69) is 10.2 Å². The van der Waals surface area contributed by atoms with Crippen LogP contribution in [0.5, 0.6) is 0 Å². The summed E-state index contributed by atoms with van der Waals surface area (Å²) in [5, 5.41) is 6.68. The fourth-order valence-electron chi connectivity index (χ4n) is 2.17. The molecule has 0 aliphatic carbocycles. The van der Waals surface area contributed by atoms with Crippen LogP contribution >= 0.6 is 12.2 Å². The lowest BCUT2D eigenvalue weighted by molar-refractivity contribution is 0.0188. The molecule has 19 heavy (non-hydrogen) atoms. The number of likely N-dealkylation sites (tertiary alicyclic amines) is 1. The molecular weight excluding hydrogens is 264 g/mol. The van der Waals surface area contributed by atoms with Crippen LogP contribution in [0.4, 0.5) is 4.79 Å². The van der Waals surface area contributed by atoms with Crippen LogP contribution in [0.3, 0.4) is 0 Å². The molecule has 1 aromatic heterocycles. The number of ether oxygens (including phenoxy) is 1. The Hall–Kier alpha value is -1.37. The average Bonchev–Trinajstić information content (AvgIpc) is 2.73. The van der Waals surface area contributed by atoms with Gasteiger partial charge in [-0.1, -0.05) is 0 Å². The number of H-pyrrole nitrogens is 1. The Morgan fingerprint density at radius 3 is 2.58 bits per heavy atom. The molecule has 2 rings (SSSR count). The summed E-state index contributed by atoms with van der Waals surface area (Å²) in [5.41, 5.74) is -0.443. The molecule has 6 nitrogen and oxygen atoms in total. The number of carbonyl (C=O) groups excluding carboxylic acids is 1. The molecule has 0 saturated carbocycles. The molecule has 1 aromatic rings. The zero-order valence-electron chi connectivity index (χ0n) is 11.5. The molecule has 106 valence electrons. The van der Waals surface area contributed by atoms with E-state index in [9.17, 15) is 4.79 Å². The van der Waals surface area contributed by atoms with Gasteiger partial charge in [0, 0.05) is 19.1 Å². The summed E-state index contributed by atoms with van der Waals surface area (Å²) < 4.78 is 7.96. The Morgan fingerprint density at radius 1 is 1.47 bits per heavy atom. The number of nitrogens with zero attached hydrogens (tertiary/aromatic N) is 3. The number of rotatable bonds is 1. The van der Waals surface area contributed by atoms with Gasteiger partial charge < -0.3 is 14.2 Å². The second-order valence-corrected chi connectivity index (χ2v) is 6.15. The van der Waals surface area contributed by atoms with Gasteiger partial charge >= 0.3 is 6.09 Å². The van der Waals surface area contributed by atoms with Gasteiger partial charge in [0.1, 0.15) is 11.9 Å². The Balaban J connectivity index is 1.91. The topological polar surface area (TPSA) is 63.1 Å². The van der Waals surface area contributed by atoms with E-state index in [0.717, 1.165) is 12.8 Å². The van der Waals surface area contributed by atoms with E-state index in [1.54, 1.807) is 11.2 Å². The summed E-state index contributed by atoms with van der Waals surface area (Å²) in [4.78, 5) is 13.7. The third-order valence-corrected chi connectivity index (χ3v) is 3.39. The SMILES string of the molecule is CC(C)(C)OC(=O)N1CCC(n2cn[nH]c2=S)CC1. The predicted octanol–water partition coefficient (Wildman–Crippen LogP) is 2.51. The van der Waals surface area contributed by atoms with Crippen LogP contribution < -0.4 is 0 Å². The van der Waals surface area contributed by atoms with E-state index in [1.165, 1.54) is 0 Å². The van der Waals surface area contributed by atoms with Crippen molar-refractivity contribution >= 4 is 18.3 Å². The average molecular weight is 284 g/mol. The van der Waals surface area contributed by atoms with Crippen molar-refractivity contribution in [3.8, 4) is 0 Å². The van der Waals surface area contributed by atoms with Crippen LogP contribution in [-0.4, -0.2) is 44.4 Å². The molecular formula is C12H20N4O2S. The lowest BCUT2D eigenvalue weighted by Crippen LogP contribution is -2.42. The van der Waals surface area contributed by atoms with Crippen LogP contribution in [-0.2, 0) is 4.74 Å². The number of hydrogen-bond donors (Lipinski definition) is 1. The Bertz CT molecular complexity index is 494. The van der Waals surface area contributed by atoms with Gasteiger partial charge in [0.05, 0.1) is 0 Å². The van der Waals surface area contributed by atoms with Crippen molar-refractivity contribution in [3.63, 3.8) is 0 Å². The van der Waals surface area contributed by atoms with Crippen molar-refractivity contribution in [2.45, 2.75) is 45.3 Å². The van der Waals surface area contributed by atoms with E-state index in [4.69, 9.17) is 17.0 Å². The normalized spacial score (nSPS) is 17.5. The first kappa shape index (κ1) is 14.0. The van der Waals surface area contributed by atoms with Crippen molar-refractivity contribution < 1.29 is 9.53 Å². The number of piperidine rings is 1. The highest BCUT2D eigenvalue weighted by Gasteiger charge is 2.27. The highest BCUT2D eigenvalue weighted by molar-refractivity contribution is 7.71. The van der Waals surface area contributed by atoms with Crippen LogP contribution in [0.25, 0.3) is 0 Å². The summed E-state index contributed by atoms with van der Waals surface area (Å²) in [5.74, 6) is 0. The minimum Gasteiger partial charge on any atom is -0.444 e. The minimum absolute atomic E-state index is 0.234. The zero-order valence-corrected chi connectivity index (χ0v) is 12.4. The second kappa shape index (κ2) is 5.32. The highest BCUT2D eigenvalue weighted by atomic mass is 32.1. The molecule has 0 spiro atoms. The van der Waals surface area contributed by atoms with Crippen molar-refractivity contribution in [3.05, 3.63) is 11.1 Å². The van der Waals surface area contributed by atoms with Crippen molar-refractivity contribution in [2.75, 3.05) is 13.1 Å². The molecule has 1 saturated heterocycles. The van der Waals surface area contributed by atoms with Gasteiger partial charge in [-0.2, -0.15) is 5.10 Å². The molecule has 1 amide bonds. The maximum atomic E-state index is 11.9. The van der Waals surface area contributed by atoms with Crippen molar-refractivity contribution in [1.82, 2.24) is 19.7 Å². The number of aromatic nitrogens is 3. The van der Waals surface area contributed by atoms with E-state index in [0.29, 0.717) is 23.9 Å². The smallest absolute Gasteiger partial charge is 0.410 e. The lowest BCUT2D eigenvalue weighted by atomic mass is 10.1. The Morgan fingerprint density at radius 2 is 2.11 bits per heavy atom. The summed E-state index contributed by atoms with van der Waals surface area (Å²) in [6, 6.07) is 0.310. The van der Waals surface area contributed by atoms with Crippen molar-refractivity contribution in [1.29, 1.82) is 0 Å². The first-order valence-corrected chi connectivity index (χ1v) is 6.87. The zero-order chi connectivity index (χ0) is 14.0. The Labute approximate surface area is 117 Å². The number of aromatic amines is 1. The number of carbonyl (C=O) groups is 1. The third kappa shape index (κ3) is 3.56. The van der Waals surface area contributed by atoms with Crippen LogP contribution in [0.1, 0.15) is 39.7 Å². The fraction of sp³-hybridized carbons (Fsp3) is 0.750. The quantitative estimate of drug-likeness (QED) is 0.805. The summed E-state index contributed by atoms with van der Waals surface area (Å²) in [6.07, 6.45) is 3.22. The maximum Gasteiger partial charge on any atom is 0.410 e. The van der Waals surface area contributed by atoms with Crippen LogP contribution in [0, 0.1) is 4.77 Å². The second-order valence-electron chi connectivity index (χ2n) is 5.77. The minimum atomic E-state index is -0.443. The molecule has 0 aromatic carbocycles. The summed E-state index contributed by atoms with van der Waals surface area (Å²) in [7, 11) is 0. The largest absolute Gasteiger partial charge is 0.444 e. The number of hydrogen-bond acceptors (Lipinski definition) is 4. The van der Waals surface area contributed by atoms with E-state index in [1.807, 2.05) is 25.3 Å². The number of amides is 1. The molecule has 0 unspecified atom stereocenters. The first-order valence-electron chi connectivity index (χ1n) is 6.46. The monoisotopic (exact) mass is 284 g/mol. The Kier molecular flexibility index (Phi) is 3.93. The standard InChI is InChI=1S/C12H20N4O2S/c1-12(2,3)18-11(17)15-6-4-9(5-7-15)16-8-13-14-10(16)19/h8-9H,4-7H2,1-3H3,(H,14,19). The summed E-state index contributed by atoms with van der Waals surface area (Å²) >= 11 is 5.16. The molecule has 7 heteroatoms. The van der Waals surface area contributed by atoms with Crippen molar-refractivity contribution in [2.24, 2.45) is 0 Å². The molecule has 2 heterocycles. The molecule has 1 N–H and O–H groups in total. The van der Waals surface area contributed by atoms with Gasteiger partial charge in [0.25, 0.3) is 0 Å². The van der Waals surface area contributed by atoms with E-state index in [-0.39, 0.29) is 6.09 Å². The third-order valence-electron chi connectivity index (χ3n) is 3.09. The summed E-state index contributed by atoms with van der Waals surface area (Å²) in [6.45, 7) is 7.01. The molecule has 1 fully saturated rings. The van der Waals surface area contributed by atoms with E-state index < -0.39 is 5.60 Å². The van der Waals surface area contributed by atoms with Gasteiger partial charge in [-0.05, 0) is 45.8 Å². The van der Waals surface area contributed by atoms with Gasteiger partial charge in [-0.15, -0.1) is 0 Å². The van der Waals surface area contributed by atoms with Crippen LogP contribution in [0.2, 0.25) is 0 Å². The van der Waals surface area contributed by atoms with Crippen LogP contribution in [0.15, 0.2) is 6.33 Å². The molecule has 1 aliphatic rings. The fourth-order valence-corrected chi connectivity index (χ4v) is 2.42. The maximum absolute atomic E-state index is 11.9. The van der Waals surface area contributed by atoms with Gasteiger partial charge in [-0.25, -0.2) is 4.79 Å². The molecule has 1 aliphatic heterocycles. The lowest BCUT2D eigenvalue weighted by Gasteiger charge is -2.33. The number of nitrogens with one attached hydrogen (secondary N) is 1. The van der Waals surface area contributed by atoms with Gasteiger partial charge in [-0.3, -0.25) is 5.10 Å². The van der Waals surface area contributed by atoms with Gasteiger partial charge in [0.2, 0.25) is 0 Å². The first-order chi connectivity index (χ1) is 8.87. The molecule has 0 radical (unpaired) electrons. The molecule has 0 atom stereocenters. The highest BCUT2D eigenvalue weighted by Crippen LogP contribution is 2.23. The molecule has 0 bridgehead atoms. The van der Waals surface area contributed by atoms with Gasteiger partial charge in [0.15, 0.2) is 4.77 Å².